The molecule has 9 heteroatoms. The minimum atomic E-state index is -0.790. The molecule has 3 aromatic rings. The Morgan fingerprint density at radius 3 is 1.42 bits per heavy atom. The number of benzene rings is 3. The van der Waals surface area contributed by atoms with E-state index in [1.165, 1.54) is 15.9 Å². The highest BCUT2D eigenvalue weighted by Crippen LogP contribution is 2.35. The average Bonchev–Trinajstić information content (AvgIpc) is 2.83. The Morgan fingerprint density at radius 2 is 1.03 bits per heavy atom. The molecule has 0 unspecified atom stereocenters. The van der Waals surface area contributed by atoms with Gasteiger partial charge < -0.3 is 21.3 Å². The zero-order chi connectivity index (χ0) is 22.4. The normalized spacial score (nSPS) is 12.2. The molecule has 0 amide bonds. The smallest absolute Gasteiger partial charge is 0.195 e. The molecule has 0 aliphatic rings. The molecule has 0 spiro atoms. The van der Waals surface area contributed by atoms with Gasteiger partial charge in [0.25, 0.3) is 0 Å². The van der Waals surface area contributed by atoms with Crippen LogP contribution in [0, 0.1) is 0 Å². The summed E-state index contributed by atoms with van der Waals surface area (Å²) in [5, 5.41) is 3.73. The van der Waals surface area contributed by atoms with Crippen LogP contribution >= 0.6 is 32.7 Å². The Labute approximate surface area is 210 Å². The van der Waals surface area contributed by atoms with Crippen LogP contribution in [0.3, 0.4) is 0 Å². The maximum atomic E-state index is 6.04. The van der Waals surface area contributed by atoms with Gasteiger partial charge in [-0.05, 0) is 48.1 Å². The van der Waals surface area contributed by atoms with Crippen molar-refractivity contribution >= 4 is 71.9 Å². The first-order valence-electron chi connectivity index (χ1n) is 9.93. The van der Waals surface area contributed by atoms with Crippen LogP contribution in [0.1, 0.15) is 0 Å². The standard InChI is InChI=1S/C24H29N6P.2ClH/c1-27-23(25)29(3)18-10-8-14-21(16-18)31(20-12-6-5-7-13-20)22-15-9-11-19(17-22)30(4)24(26)28-2;;/h5-17H,1-4H3,(H2,25,27)(H2,26,28);2*1H. The van der Waals surface area contributed by atoms with Crippen molar-refractivity contribution in [2.75, 3.05) is 38.0 Å². The lowest BCUT2D eigenvalue weighted by Crippen LogP contribution is -2.34. The molecule has 0 aliphatic carbocycles. The van der Waals surface area contributed by atoms with Crippen molar-refractivity contribution in [3.63, 3.8) is 0 Å². The molecule has 33 heavy (non-hydrogen) atoms. The van der Waals surface area contributed by atoms with Gasteiger partial charge in [0, 0.05) is 39.6 Å². The van der Waals surface area contributed by atoms with Crippen molar-refractivity contribution in [1.29, 1.82) is 0 Å². The quantitative estimate of drug-likeness (QED) is 0.317. The molecule has 176 valence electrons. The van der Waals surface area contributed by atoms with E-state index in [-0.39, 0.29) is 24.8 Å². The van der Waals surface area contributed by atoms with Crippen LogP contribution in [0.2, 0.25) is 0 Å². The number of anilines is 2. The van der Waals surface area contributed by atoms with E-state index in [4.69, 9.17) is 11.5 Å². The van der Waals surface area contributed by atoms with Gasteiger partial charge in [0.2, 0.25) is 0 Å². The second-order valence-corrected chi connectivity index (χ2v) is 9.21. The second kappa shape index (κ2) is 13.0. The third kappa shape index (κ3) is 6.61. The number of nitrogens with zero attached hydrogens (tertiary/aromatic N) is 4. The molecule has 0 saturated carbocycles. The van der Waals surface area contributed by atoms with Crippen LogP contribution < -0.4 is 37.2 Å². The summed E-state index contributed by atoms with van der Waals surface area (Å²) in [5.41, 5.74) is 14.1. The highest BCUT2D eigenvalue weighted by atomic mass is 35.5. The topological polar surface area (TPSA) is 83.2 Å². The Kier molecular flexibility index (Phi) is 11.2. The monoisotopic (exact) mass is 504 g/mol. The predicted molar refractivity (Wildman–Crippen MR) is 152 cm³/mol. The molecule has 0 radical (unpaired) electrons. The van der Waals surface area contributed by atoms with Gasteiger partial charge in [0.05, 0.1) is 0 Å². The molecule has 0 heterocycles. The van der Waals surface area contributed by atoms with E-state index >= 15 is 0 Å². The minimum Gasteiger partial charge on any atom is -0.370 e. The molecule has 4 N–H and O–H groups in total. The molecule has 0 atom stereocenters. The van der Waals surface area contributed by atoms with Crippen LogP contribution in [0.25, 0.3) is 0 Å². The van der Waals surface area contributed by atoms with Crippen LogP contribution in [-0.2, 0) is 0 Å². The van der Waals surface area contributed by atoms with Gasteiger partial charge in [0.1, 0.15) is 0 Å². The van der Waals surface area contributed by atoms with Gasteiger partial charge in [0.15, 0.2) is 11.9 Å². The summed E-state index contributed by atoms with van der Waals surface area (Å²) in [7, 11) is 6.45. The number of hydrogen-bond donors (Lipinski definition) is 2. The summed E-state index contributed by atoms with van der Waals surface area (Å²) < 4.78 is 0. The molecule has 3 rings (SSSR count). The molecule has 0 saturated heterocycles. The summed E-state index contributed by atoms with van der Waals surface area (Å²) in [6.45, 7) is 0. The number of guanidine groups is 2. The number of rotatable bonds is 5. The van der Waals surface area contributed by atoms with Crippen molar-refractivity contribution in [2.45, 2.75) is 0 Å². The maximum Gasteiger partial charge on any atom is 0.195 e. The molecular formula is C24H31Cl2N6P. The fraction of sp³-hybridized carbons (Fsp3) is 0.167. The van der Waals surface area contributed by atoms with Crippen LogP contribution in [0.15, 0.2) is 88.8 Å². The zero-order valence-corrected chi connectivity index (χ0v) is 21.7. The minimum absolute atomic E-state index is 0. The summed E-state index contributed by atoms with van der Waals surface area (Å²) in [6.07, 6.45) is 0. The Hall–Kier alpha value is -2.79. The van der Waals surface area contributed by atoms with E-state index in [9.17, 15) is 0 Å². The predicted octanol–water partition coefficient (Wildman–Crippen LogP) is 3.05. The summed E-state index contributed by atoms with van der Waals surface area (Å²) in [6, 6.07) is 27.5. The van der Waals surface area contributed by atoms with E-state index in [0.717, 1.165) is 11.4 Å². The molecule has 6 nitrogen and oxygen atoms in total. The maximum absolute atomic E-state index is 6.04. The van der Waals surface area contributed by atoms with Crippen molar-refractivity contribution in [3.8, 4) is 0 Å². The molecule has 0 fully saturated rings. The van der Waals surface area contributed by atoms with Crippen molar-refractivity contribution in [3.05, 3.63) is 78.9 Å². The SMILES string of the molecule is CN=C(N)N(C)c1cccc(P(c2ccccc2)c2cccc(N(C)C(N)=NC)c2)c1.Cl.Cl. The third-order valence-electron chi connectivity index (χ3n) is 5.11. The Morgan fingerprint density at radius 1 is 0.636 bits per heavy atom. The lowest BCUT2D eigenvalue weighted by Gasteiger charge is -2.24. The molecule has 0 bridgehead atoms. The van der Waals surface area contributed by atoms with E-state index in [1.807, 2.05) is 42.1 Å². The van der Waals surface area contributed by atoms with E-state index in [2.05, 4.69) is 70.6 Å². The first kappa shape index (κ1) is 28.2. The summed E-state index contributed by atoms with van der Waals surface area (Å²) in [4.78, 5) is 12.0. The van der Waals surface area contributed by atoms with Gasteiger partial charge in [-0.2, -0.15) is 0 Å². The number of aliphatic imine (C=N–C) groups is 2. The van der Waals surface area contributed by atoms with Crippen molar-refractivity contribution in [2.24, 2.45) is 21.5 Å². The van der Waals surface area contributed by atoms with Gasteiger partial charge in [-0.1, -0.05) is 54.6 Å². The zero-order valence-electron chi connectivity index (χ0n) is 19.2. The van der Waals surface area contributed by atoms with Crippen LogP contribution in [0.4, 0.5) is 11.4 Å². The van der Waals surface area contributed by atoms with Crippen LogP contribution in [-0.4, -0.2) is 40.1 Å². The number of nitrogens with two attached hydrogens (primary N) is 2. The van der Waals surface area contributed by atoms with Gasteiger partial charge >= 0.3 is 0 Å². The average molecular weight is 505 g/mol. The number of hydrogen-bond acceptors (Lipinski definition) is 2. The van der Waals surface area contributed by atoms with Gasteiger partial charge in [-0.3, -0.25) is 9.98 Å². The second-order valence-electron chi connectivity index (χ2n) is 6.99. The Balaban J connectivity index is 0.00000272. The fourth-order valence-corrected chi connectivity index (χ4v) is 5.63. The Bertz CT molecular complexity index is 1020. The first-order chi connectivity index (χ1) is 15.0. The van der Waals surface area contributed by atoms with Gasteiger partial charge in [-0.25, -0.2) is 0 Å². The van der Waals surface area contributed by atoms with E-state index in [1.54, 1.807) is 14.1 Å². The highest BCUT2D eigenvalue weighted by Gasteiger charge is 2.19. The fourth-order valence-electron chi connectivity index (χ4n) is 3.27. The van der Waals surface area contributed by atoms with Crippen molar-refractivity contribution < 1.29 is 0 Å². The lowest BCUT2D eigenvalue weighted by atomic mass is 10.3. The van der Waals surface area contributed by atoms with Crippen LogP contribution in [0.5, 0.6) is 0 Å². The molecular weight excluding hydrogens is 474 g/mol. The lowest BCUT2D eigenvalue weighted by molar-refractivity contribution is 1.20. The molecule has 3 aromatic carbocycles. The third-order valence-corrected chi connectivity index (χ3v) is 7.51. The number of halogens is 2. The molecule has 0 aliphatic heterocycles. The van der Waals surface area contributed by atoms with Gasteiger partial charge in [-0.15, -0.1) is 24.8 Å². The summed E-state index contributed by atoms with van der Waals surface area (Å²) >= 11 is 0. The van der Waals surface area contributed by atoms with E-state index < -0.39 is 7.92 Å². The first-order valence-corrected chi connectivity index (χ1v) is 11.3. The highest BCUT2D eigenvalue weighted by molar-refractivity contribution is 7.79. The van der Waals surface area contributed by atoms with Crippen molar-refractivity contribution in [1.82, 2.24) is 0 Å². The largest absolute Gasteiger partial charge is 0.370 e. The summed E-state index contributed by atoms with van der Waals surface area (Å²) in [5.74, 6) is 0.943. The molecule has 0 aromatic heterocycles. The van der Waals surface area contributed by atoms with E-state index in [0.29, 0.717) is 11.9 Å².